The molecule has 0 fully saturated rings. The zero-order valence-corrected chi connectivity index (χ0v) is 12.4. The summed E-state index contributed by atoms with van der Waals surface area (Å²) in [5, 5.41) is 10.8. The summed E-state index contributed by atoms with van der Waals surface area (Å²) in [5.41, 5.74) is 1.80. The van der Waals surface area contributed by atoms with Crippen molar-refractivity contribution in [2.45, 2.75) is 30.5 Å². The van der Waals surface area contributed by atoms with Crippen molar-refractivity contribution >= 4 is 32.0 Å². The lowest BCUT2D eigenvalue weighted by molar-refractivity contribution is -0.383. The van der Waals surface area contributed by atoms with E-state index in [4.69, 9.17) is 5.84 Å². The van der Waals surface area contributed by atoms with Crippen LogP contribution in [0.4, 0.5) is 10.7 Å². The minimum absolute atomic E-state index is 0.0149. The first-order valence-corrected chi connectivity index (χ1v) is 7.74. The summed E-state index contributed by atoms with van der Waals surface area (Å²) in [6.45, 7) is 3.63. The summed E-state index contributed by atoms with van der Waals surface area (Å²) in [6, 6.07) is 0.828. The van der Waals surface area contributed by atoms with E-state index in [9.17, 15) is 18.5 Å². The number of thiophene rings is 1. The van der Waals surface area contributed by atoms with Crippen LogP contribution >= 0.6 is 11.3 Å². The maximum Gasteiger partial charge on any atom is 0.306 e. The number of rotatable bonds is 6. The van der Waals surface area contributed by atoms with Crippen molar-refractivity contribution in [1.29, 1.82) is 0 Å². The monoisotopic (exact) mass is 308 g/mol. The lowest BCUT2D eigenvalue weighted by atomic mass is 10.3. The fourth-order valence-corrected chi connectivity index (χ4v) is 4.22. The van der Waals surface area contributed by atoms with Crippen LogP contribution in [0, 0.1) is 10.1 Å². The first-order chi connectivity index (χ1) is 8.75. The molecule has 3 N–H and O–H groups in total. The van der Waals surface area contributed by atoms with Gasteiger partial charge in [-0.05, 0) is 13.3 Å². The molecule has 0 amide bonds. The molecule has 19 heavy (non-hydrogen) atoms. The standard InChI is InChI=1S/C9H16N4O4S2/c1-4-6(2)12(3)19(16,17)8-5-7(13(14)15)9(11-10)18-8/h5-6,11H,4,10H2,1-3H3. The van der Waals surface area contributed by atoms with Gasteiger partial charge in [0.05, 0.1) is 4.92 Å². The molecule has 1 aromatic rings. The summed E-state index contributed by atoms with van der Waals surface area (Å²) >= 11 is 0.744. The molecule has 0 saturated heterocycles. The highest BCUT2D eigenvalue weighted by atomic mass is 32.2. The van der Waals surface area contributed by atoms with Crippen LogP contribution in [0.5, 0.6) is 0 Å². The van der Waals surface area contributed by atoms with Crippen LogP contribution in [0.25, 0.3) is 0 Å². The Bertz CT molecular complexity index is 569. The van der Waals surface area contributed by atoms with Crippen molar-refractivity contribution in [3.05, 3.63) is 16.2 Å². The van der Waals surface area contributed by atoms with Gasteiger partial charge in [0.1, 0.15) is 4.21 Å². The number of nitrogens with zero attached hydrogens (tertiary/aromatic N) is 2. The number of hydrazine groups is 1. The second-order valence-corrected chi connectivity index (χ2v) is 7.24. The molecule has 0 aliphatic heterocycles. The van der Waals surface area contributed by atoms with E-state index < -0.39 is 14.9 Å². The van der Waals surface area contributed by atoms with Crippen molar-refractivity contribution in [2.75, 3.05) is 12.5 Å². The van der Waals surface area contributed by atoms with Crippen LogP contribution in [0.1, 0.15) is 20.3 Å². The number of hydrogen-bond acceptors (Lipinski definition) is 7. The Balaban J connectivity index is 3.26. The smallest absolute Gasteiger partial charge is 0.306 e. The molecule has 10 heteroatoms. The minimum atomic E-state index is -3.74. The van der Waals surface area contributed by atoms with Gasteiger partial charge in [0.15, 0.2) is 5.00 Å². The Hall–Kier alpha value is -1.23. The molecule has 1 aromatic heterocycles. The molecular formula is C9H16N4O4S2. The number of nitrogens with one attached hydrogen (secondary N) is 1. The van der Waals surface area contributed by atoms with E-state index in [1.165, 1.54) is 11.4 Å². The number of nitrogens with two attached hydrogens (primary N) is 1. The third kappa shape index (κ3) is 3.03. The normalized spacial score (nSPS) is 13.5. The number of anilines is 1. The van der Waals surface area contributed by atoms with Crippen molar-refractivity contribution in [1.82, 2.24) is 4.31 Å². The van der Waals surface area contributed by atoms with Crippen LogP contribution in [-0.2, 0) is 10.0 Å². The van der Waals surface area contributed by atoms with Gasteiger partial charge in [-0.3, -0.25) is 10.1 Å². The van der Waals surface area contributed by atoms with E-state index in [1.54, 1.807) is 6.92 Å². The van der Waals surface area contributed by atoms with Gasteiger partial charge >= 0.3 is 5.69 Å². The Kier molecular flexibility index (Phi) is 4.85. The van der Waals surface area contributed by atoms with Gasteiger partial charge in [0, 0.05) is 19.2 Å². The molecule has 0 radical (unpaired) electrons. The van der Waals surface area contributed by atoms with E-state index in [0.717, 1.165) is 17.4 Å². The highest BCUT2D eigenvalue weighted by Crippen LogP contribution is 2.37. The van der Waals surface area contributed by atoms with Crippen LogP contribution in [0.2, 0.25) is 0 Å². The third-order valence-electron chi connectivity index (χ3n) is 2.86. The quantitative estimate of drug-likeness (QED) is 0.465. The molecule has 1 unspecified atom stereocenters. The topological polar surface area (TPSA) is 119 Å². The van der Waals surface area contributed by atoms with E-state index in [-0.39, 0.29) is 20.9 Å². The Labute approximate surface area is 115 Å². The van der Waals surface area contributed by atoms with Gasteiger partial charge in [0.25, 0.3) is 10.0 Å². The van der Waals surface area contributed by atoms with E-state index in [0.29, 0.717) is 6.42 Å². The van der Waals surface area contributed by atoms with Crippen molar-refractivity contribution in [2.24, 2.45) is 5.84 Å². The molecule has 1 rings (SSSR count). The van der Waals surface area contributed by atoms with Crippen LogP contribution in [0.3, 0.4) is 0 Å². The molecule has 0 aromatic carbocycles. The molecule has 8 nitrogen and oxygen atoms in total. The third-order valence-corrected chi connectivity index (χ3v) is 6.34. The molecule has 0 aliphatic rings. The lowest BCUT2D eigenvalue weighted by Crippen LogP contribution is -2.34. The second kappa shape index (κ2) is 5.82. The lowest BCUT2D eigenvalue weighted by Gasteiger charge is -2.21. The first kappa shape index (κ1) is 15.8. The van der Waals surface area contributed by atoms with Gasteiger partial charge in [0.2, 0.25) is 0 Å². The summed E-state index contributed by atoms with van der Waals surface area (Å²) in [7, 11) is -2.29. The number of nitro groups is 1. The molecule has 108 valence electrons. The Morgan fingerprint density at radius 3 is 2.58 bits per heavy atom. The SMILES string of the molecule is CCC(C)N(C)S(=O)(=O)c1cc([N+](=O)[O-])c(NN)s1. The Morgan fingerprint density at radius 2 is 2.21 bits per heavy atom. The predicted molar refractivity (Wildman–Crippen MR) is 73.5 cm³/mol. The maximum absolute atomic E-state index is 12.3. The van der Waals surface area contributed by atoms with Crippen LogP contribution < -0.4 is 11.3 Å². The fraction of sp³-hybridized carbons (Fsp3) is 0.556. The fourth-order valence-electron chi connectivity index (χ4n) is 1.36. The summed E-state index contributed by atoms with van der Waals surface area (Å²) in [6.07, 6.45) is 0.644. The zero-order chi connectivity index (χ0) is 14.8. The number of sulfonamides is 1. The Morgan fingerprint density at radius 1 is 1.63 bits per heavy atom. The highest BCUT2D eigenvalue weighted by Gasteiger charge is 2.30. The molecular weight excluding hydrogens is 292 g/mol. The van der Waals surface area contributed by atoms with Gasteiger partial charge in [-0.1, -0.05) is 18.3 Å². The predicted octanol–water partition coefficient (Wildman–Crippen LogP) is 1.36. The summed E-state index contributed by atoms with van der Waals surface area (Å²) < 4.78 is 25.7. The average molecular weight is 308 g/mol. The number of nitrogen functional groups attached to an aromatic ring is 1. The van der Waals surface area contributed by atoms with Crippen molar-refractivity contribution < 1.29 is 13.3 Å². The molecule has 0 saturated carbocycles. The van der Waals surface area contributed by atoms with Gasteiger partial charge in [-0.25, -0.2) is 14.3 Å². The molecule has 0 bridgehead atoms. The van der Waals surface area contributed by atoms with Gasteiger partial charge < -0.3 is 5.43 Å². The first-order valence-electron chi connectivity index (χ1n) is 5.48. The van der Waals surface area contributed by atoms with E-state index in [1.807, 2.05) is 6.92 Å². The molecule has 0 aliphatic carbocycles. The van der Waals surface area contributed by atoms with Gasteiger partial charge in [-0.2, -0.15) is 4.31 Å². The van der Waals surface area contributed by atoms with Crippen molar-refractivity contribution in [3.8, 4) is 0 Å². The largest absolute Gasteiger partial charge is 0.310 e. The highest BCUT2D eigenvalue weighted by molar-refractivity contribution is 7.91. The van der Waals surface area contributed by atoms with E-state index in [2.05, 4.69) is 5.43 Å². The van der Waals surface area contributed by atoms with E-state index >= 15 is 0 Å². The summed E-state index contributed by atoms with van der Waals surface area (Å²) in [5.74, 6) is 5.15. The molecule has 1 heterocycles. The zero-order valence-electron chi connectivity index (χ0n) is 10.8. The molecule has 0 spiro atoms. The van der Waals surface area contributed by atoms with Gasteiger partial charge in [-0.15, -0.1) is 0 Å². The molecule has 1 atom stereocenters. The van der Waals surface area contributed by atoms with Crippen LogP contribution in [0.15, 0.2) is 10.3 Å². The minimum Gasteiger partial charge on any atom is -0.310 e. The average Bonchev–Trinajstić information content (AvgIpc) is 2.81. The summed E-state index contributed by atoms with van der Waals surface area (Å²) in [4.78, 5) is 10.1. The van der Waals surface area contributed by atoms with Crippen LogP contribution in [-0.4, -0.2) is 30.7 Å². The van der Waals surface area contributed by atoms with Crippen molar-refractivity contribution in [3.63, 3.8) is 0 Å². The number of hydrogen-bond donors (Lipinski definition) is 2. The second-order valence-electron chi connectivity index (χ2n) is 3.96. The maximum atomic E-state index is 12.3.